The second kappa shape index (κ2) is 5.05. The van der Waals surface area contributed by atoms with Gasteiger partial charge in [0.1, 0.15) is 17.6 Å². The number of nitrogens with zero attached hydrogens (tertiary/aromatic N) is 3. The van der Waals surface area contributed by atoms with Crippen LogP contribution in [0.1, 0.15) is 11.3 Å². The average Bonchev–Trinajstić information content (AvgIpc) is 2.38. The van der Waals surface area contributed by atoms with Crippen LogP contribution in [0, 0.1) is 11.3 Å². The van der Waals surface area contributed by atoms with Gasteiger partial charge in [-0.2, -0.15) is 18.4 Å². The van der Waals surface area contributed by atoms with E-state index in [4.69, 9.17) is 5.26 Å². The molecule has 0 atom stereocenters. The lowest BCUT2D eigenvalue weighted by molar-refractivity contribution is -0.880. The molecule has 2 rings (SSSR count). The molecular formula is C12H14F3N4+. The quantitative estimate of drug-likeness (QED) is 0.799. The summed E-state index contributed by atoms with van der Waals surface area (Å²) in [7, 11) is 2.03. The molecule has 1 saturated heterocycles. The molecule has 0 amide bonds. The smallest absolute Gasteiger partial charge is 0.344 e. The number of aromatic nitrogens is 1. The van der Waals surface area contributed by atoms with Crippen molar-refractivity contribution in [3.8, 4) is 6.07 Å². The van der Waals surface area contributed by atoms with E-state index < -0.39 is 11.9 Å². The molecule has 0 radical (unpaired) electrons. The SMILES string of the molecule is C[NH+]1CCN(c2nc(C(F)(F)F)ccc2C#N)CC1. The van der Waals surface area contributed by atoms with E-state index in [0.29, 0.717) is 13.1 Å². The molecule has 0 saturated carbocycles. The predicted molar refractivity (Wildman–Crippen MR) is 62.8 cm³/mol. The van der Waals surface area contributed by atoms with Crippen molar-refractivity contribution in [2.45, 2.75) is 6.18 Å². The minimum atomic E-state index is -4.49. The highest BCUT2D eigenvalue weighted by Crippen LogP contribution is 2.30. The standard InChI is InChI=1S/C12H13F3N4/c1-18-4-6-19(7-5-18)11-9(8-16)2-3-10(17-11)12(13,14)15/h2-3H,4-7H2,1H3/p+1. The van der Waals surface area contributed by atoms with E-state index in [1.807, 2.05) is 13.1 Å². The third-order valence-corrected chi connectivity index (χ3v) is 3.20. The molecule has 1 aromatic heterocycles. The van der Waals surface area contributed by atoms with Crippen LogP contribution in [-0.2, 0) is 6.18 Å². The number of quaternary nitrogens is 1. The third-order valence-electron chi connectivity index (χ3n) is 3.20. The summed E-state index contributed by atoms with van der Waals surface area (Å²) < 4.78 is 38.0. The van der Waals surface area contributed by atoms with Crippen LogP contribution in [0.3, 0.4) is 0 Å². The first-order valence-corrected chi connectivity index (χ1v) is 5.96. The number of hydrogen-bond donors (Lipinski definition) is 1. The van der Waals surface area contributed by atoms with Crippen LogP contribution < -0.4 is 9.80 Å². The van der Waals surface area contributed by atoms with Gasteiger partial charge in [0.05, 0.1) is 38.8 Å². The second-order valence-electron chi connectivity index (χ2n) is 4.62. The van der Waals surface area contributed by atoms with Crippen LogP contribution in [0.15, 0.2) is 12.1 Å². The number of pyridine rings is 1. The van der Waals surface area contributed by atoms with Gasteiger partial charge in [0.2, 0.25) is 0 Å². The Balaban J connectivity index is 2.35. The number of rotatable bonds is 1. The molecule has 1 N–H and O–H groups in total. The minimum Gasteiger partial charge on any atom is -0.344 e. The van der Waals surface area contributed by atoms with E-state index in [9.17, 15) is 13.2 Å². The highest BCUT2D eigenvalue weighted by molar-refractivity contribution is 5.54. The van der Waals surface area contributed by atoms with Gasteiger partial charge >= 0.3 is 6.18 Å². The fraction of sp³-hybridized carbons (Fsp3) is 0.500. The Morgan fingerprint density at radius 2 is 1.95 bits per heavy atom. The van der Waals surface area contributed by atoms with Gasteiger partial charge in [0.15, 0.2) is 0 Å². The summed E-state index contributed by atoms with van der Waals surface area (Å²) in [5.41, 5.74) is -0.764. The number of anilines is 1. The van der Waals surface area contributed by atoms with Crippen molar-refractivity contribution in [2.75, 3.05) is 38.1 Å². The van der Waals surface area contributed by atoms with Crippen LogP contribution in [0.5, 0.6) is 0 Å². The summed E-state index contributed by atoms with van der Waals surface area (Å²) in [5.74, 6) is 0.143. The van der Waals surface area contributed by atoms with Gasteiger partial charge in [-0.05, 0) is 12.1 Å². The van der Waals surface area contributed by atoms with Gasteiger partial charge in [-0.3, -0.25) is 0 Å². The maximum atomic E-state index is 12.7. The zero-order valence-electron chi connectivity index (χ0n) is 10.5. The van der Waals surface area contributed by atoms with Crippen molar-refractivity contribution in [3.05, 3.63) is 23.4 Å². The van der Waals surface area contributed by atoms with Crippen LogP contribution in [0.25, 0.3) is 0 Å². The van der Waals surface area contributed by atoms with Crippen molar-refractivity contribution >= 4 is 5.82 Å². The van der Waals surface area contributed by atoms with Crippen LogP contribution >= 0.6 is 0 Å². The zero-order chi connectivity index (χ0) is 14.0. The summed E-state index contributed by atoms with van der Waals surface area (Å²) in [4.78, 5) is 6.70. The summed E-state index contributed by atoms with van der Waals surface area (Å²) in [6, 6.07) is 3.95. The normalized spacial score (nSPS) is 17.3. The van der Waals surface area contributed by atoms with Crippen LogP contribution in [0.4, 0.5) is 19.0 Å². The molecule has 4 nitrogen and oxygen atoms in total. The van der Waals surface area contributed by atoms with Gasteiger partial charge in [0.25, 0.3) is 0 Å². The molecule has 1 aromatic rings. The lowest BCUT2D eigenvalue weighted by Gasteiger charge is -2.31. The molecule has 7 heteroatoms. The molecule has 1 aliphatic heterocycles. The number of likely N-dealkylation sites (N-methyl/N-ethyl adjacent to an activating group) is 1. The molecule has 102 valence electrons. The molecule has 0 unspecified atom stereocenters. The minimum absolute atomic E-state index is 0.143. The first-order chi connectivity index (χ1) is 8.91. The van der Waals surface area contributed by atoms with Gasteiger partial charge < -0.3 is 9.80 Å². The number of nitriles is 1. The number of halogens is 3. The molecule has 2 heterocycles. The van der Waals surface area contributed by atoms with E-state index in [0.717, 1.165) is 19.2 Å². The molecule has 0 bridgehead atoms. The Kier molecular flexibility index (Phi) is 3.62. The van der Waals surface area contributed by atoms with E-state index in [-0.39, 0.29) is 11.4 Å². The van der Waals surface area contributed by atoms with Crippen LogP contribution in [-0.4, -0.2) is 38.2 Å². The monoisotopic (exact) mass is 271 g/mol. The summed E-state index contributed by atoms with van der Waals surface area (Å²) >= 11 is 0. The maximum absolute atomic E-state index is 12.7. The summed E-state index contributed by atoms with van der Waals surface area (Å²) in [6.45, 7) is 2.86. The van der Waals surface area contributed by atoms with E-state index in [1.165, 1.54) is 11.0 Å². The van der Waals surface area contributed by atoms with E-state index in [2.05, 4.69) is 4.98 Å². The highest BCUT2D eigenvalue weighted by atomic mass is 19.4. The van der Waals surface area contributed by atoms with Crippen LogP contribution in [0.2, 0.25) is 0 Å². The van der Waals surface area contributed by atoms with Gasteiger partial charge in [-0.1, -0.05) is 0 Å². The van der Waals surface area contributed by atoms with Gasteiger partial charge in [0, 0.05) is 0 Å². The fourth-order valence-corrected chi connectivity index (χ4v) is 2.03. The van der Waals surface area contributed by atoms with E-state index in [1.54, 1.807) is 4.90 Å². The Morgan fingerprint density at radius 1 is 1.32 bits per heavy atom. The lowest BCUT2D eigenvalue weighted by Crippen LogP contribution is -3.12. The lowest BCUT2D eigenvalue weighted by atomic mass is 10.2. The summed E-state index contributed by atoms with van der Waals surface area (Å²) in [5, 5.41) is 8.99. The first kappa shape index (κ1) is 13.6. The third kappa shape index (κ3) is 2.96. The molecule has 0 aromatic carbocycles. The predicted octanol–water partition coefficient (Wildman–Crippen LogP) is 0.307. The molecule has 1 fully saturated rings. The zero-order valence-corrected chi connectivity index (χ0v) is 10.5. The van der Waals surface area contributed by atoms with E-state index >= 15 is 0 Å². The fourth-order valence-electron chi connectivity index (χ4n) is 2.03. The van der Waals surface area contributed by atoms with Gasteiger partial charge in [-0.15, -0.1) is 0 Å². The molecule has 0 spiro atoms. The average molecular weight is 271 g/mol. The van der Waals surface area contributed by atoms with Gasteiger partial charge in [-0.25, -0.2) is 4.98 Å². The van der Waals surface area contributed by atoms with Crippen molar-refractivity contribution in [1.29, 1.82) is 5.26 Å². The number of nitrogens with one attached hydrogen (secondary N) is 1. The second-order valence-corrected chi connectivity index (χ2v) is 4.62. The Labute approximate surface area is 109 Å². The Bertz CT molecular complexity index is 499. The molecular weight excluding hydrogens is 257 g/mol. The largest absolute Gasteiger partial charge is 0.433 e. The first-order valence-electron chi connectivity index (χ1n) is 5.96. The van der Waals surface area contributed by atoms with Crippen molar-refractivity contribution in [2.24, 2.45) is 0 Å². The maximum Gasteiger partial charge on any atom is 0.433 e. The molecule has 0 aliphatic carbocycles. The topological polar surface area (TPSA) is 44.4 Å². The Morgan fingerprint density at radius 3 is 2.47 bits per heavy atom. The van der Waals surface area contributed by atoms with Crippen molar-refractivity contribution in [3.63, 3.8) is 0 Å². The molecule has 1 aliphatic rings. The number of hydrogen-bond acceptors (Lipinski definition) is 3. The van der Waals surface area contributed by atoms with Crippen molar-refractivity contribution in [1.82, 2.24) is 4.98 Å². The molecule has 19 heavy (non-hydrogen) atoms. The van der Waals surface area contributed by atoms with Crippen molar-refractivity contribution < 1.29 is 18.1 Å². The number of piperazine rings is 1. The Hall–Kier alpha value is -1.81. The summed E-state index contributed by atoms with van der Waals surface area (Å²) in [6.07, 6.45) is -4.49. The highest BCUT2D eigenvalue weighted by Gasteiger charge is 2.34. The number of alkyl halides is 3.